The largest absolute Gasteiger partial charge is 0.367 e. The minimum absolute atomic E-state index is 0.0478. The SMILES string of the molecule is O=S(=O)(NCCNc1ccc(Nc2ccccn2)nn1)c1ccc(Cl)c(Cl)c1. The highest BCUT2D eigenvalue weighted by Gasteiger charge is 2.14. The first kappa shape index (κ1) is 20.3. The molecule has 0 aliphatic rings. The lowest BCUT2D eigenvalue weighted by Gasteiger charge is -2.09. The summed E-state index contributed by atoms with van der Waals surface area (Å²) in [6.45, 7) is 0.473. The Morgan fingerprint density at radius 1 is 0.857 bits per heavy atom. The minimum Gasteiger partial charge on any atom is -0.367 e. The lowest BCUT2D eigenvalue weighted by molar-refractivity contribution is 0.583. The standard InChI is InChI=1S/C17H16Cl2N6O2S/c18-13-5-4-12(11-14(13)19)28(26,27)22-10-9-21-16-6-7-17(25-24-16)23-15-3-1-2-8-20-15/h1-8,11,22H,9-10H2,(H,21,24)(H,20,23,25). The number of aromatic nitrogens is 3. The van der Waals surface area contributed by atoms with E-state index in [4.69, 9.17) is 23.2 Å². The van der Waals surface area contributed by atoms with Crippen LogP contribution in [0.25, 0.3) is 0 Å². The van der Waals surface area contributed by atoms with Crippen molar-refractivity contribution in [2.24, 2.45) is 0 Å². The molecule has 0 fully saturated rings. The minimum atomic E-state index is -3.68. The number of rotatable bonds is 8. The molecule has 0 aliphatic carbocycles. The number of hydrogen-bond acceptors (Lipinski definition) is 7. The van der Waals surface area contributed by atoms with Gasteiger partial charge in [-0.05, 0) is 42.5 Å². The van der Waals surface area contributed by atoms with E-state index in [9.17, 15) is 8.42 Å². The van der Waals surface area contributed by atoms with Gasteiger partial charge >= 0.3 is 0 Å². The van der Waals surface area contributed by atoms with Crippen LogP contribution in [-0.4, -0.2) is 36.7 Å². The smallest absolute Gasteiger partial charge is 0.240 e. The van der Waals surface area contributed by atoms with E-state index >= 15 is 0 Å². The fraction of sp³-hybridized carbons (Fsp3) is 0.118. The van der Waals surface area contributed by atoms with Gasteiger partial charge in [-0.15, -0.1) is 10.2 Å². The van der Waals surface area contributed by atoms with Crippen molar-refractivity contribution in [2.45, 2.75) is 4.90 Å². The van der Waals surface area contributed by atoms with Gasteiger partial charge in [0.05, 0.1) is 14.9 Å². The second kappa shape index (κ2) is 9.16. The van der Waals surface area contributed by atoms with Crippen molar-refractivity contribution < 1.29 is 8.42 Å². The molecule has 0 unspecified atom stereocenters. The van der Waals surface area contributed by atoms with E-state index in [1.54, 1.807) is 18.3 Å². The maximum absolute atomic E-state index is 12.2. The van der Waals surface area contributed by atoms with Crippen molar-refractivity contribution in [3.63, 3.8) is 0 Å². The number of anilines is 3. The molecule has 0 saturated heterocycles. The van der Waals surface area contributed by atoms with Gasteiger partial charge in [0.25, 0.3) is 0 Å². The molecular weight excluding hydrogens is 423 g/mol. The Hall–Kier alpha value is -2.46. The van der Waals surface area contributed by atoms with Gasteiger partial charge in [0.1, 0.15) is 11.6 Å². The highest BCUT2D eigenvalue weighted by molar-refractivity contribution is 7.89. The van der Waals surface area contributed by atoms with Gasteiger partial charge in [0.15, 0.2) is 5.82 Å². The Bertz CT molecular complexity index is 1030. The van der Waals surface area contributed by atoms with E-state index in [2.05, 4.69) is 30.5 Å². The van der Waals surface area contributed by atoms with Gasteiger partial charge in [-0.2, -0.15) is 0 Å². The molecule has 0 radical (unpaired) electrons. The molecule has 28 heavy (non-hydrogen) atoms. The maximum atomic E-state index is 12.2. The van der Waals surface area contributed by atoms with Crippen LogP contribution in [0, 0.1) is 0 Å². The van der Waals surface area contributed by atoms with Crippen LogP contribution >= 0.6 is 23.2 Å². The average Bonchev–Trinajstić information content (AvgIpc) is 2.69. The summed E-state index contributed by atoms with van der Waals surface area (Å²) in [5.74, 6) is 1.72. The molecule has 146 valence electrons. The number of benzene rings is 1. The lowest BCUT2D eigenvalue weighted by Crippen LogP contribution is -2.29. The van der Waals surface area contributed by atoms with Gasteiger partial charge in [-0.3, -0.25) is 0 Å². The van der Waals surface area contributed by atoms with Gasteiger partial charge < -0.3 is 10.6 Å². The molecule has 3 N–H and O–H groups in total. The zero-order chi connectivity index (χ0) is 20.0. The molecule has 2 heterocycles. The number of pyridine rings is 1. The highest BCUT2D eigenvalue weighted by atomic mass is 35.5. The zero-order valence-electron chi connectivity index (χ0n) is 14.4. The fourth-order valence-electron chi connectivity index (χ4n) is 2.16. The van der Waals surface area contributed by atoms with Crippen LogP contribution in [0.15, 0.2) is 59.6 Å². The van der Waals surface area contributed by atoms with Gasteiger partial charge in [-0.1, -0.05) is 29.3 Å². The summed E-state index contributed by atoms with van der Waals surface area (Å²) < 4.78 is 27.0. The van der Waals surface area contributed by atoms with Crippen LogP contribution in [-0.2, 0) is 10.0 Å². The predicted octanol–water partition coefficient (Wildman–Crippen LogP) is 3.31. The van der Waals surface area contributed by atoms with E-state index in [0.717, 1.165) is 0 Å². The third-order valence-corrected chi connectivity index (χ3v) is 5.71. The Morgan fingerprint density at radius 2 is 1.64 bits per heavy atom. The van der Waals surface area contributed by atoms with Crippen molar-refractivity contribution in [2.75, 3.05) is 23.7 Å². The third kappa shape index (κ3) is 5.52. The molecule has 0 saturated carbocycles. The van der Waals surface area contributed by atoms with Crippen LogP contribution in [0.5, 0.6) is 0 Å². The van der Waals surface area contributed by atoms with Gasteiger partial charge in [0.2, 0.25) is 10.0 Å². The van der Waals surface area contributed by atoms with Crippen LogP contribution in [0.3, 0.4) is 0 Å². The van der Waals surface area contributed by atoms with Crippen LogP contribution in [0.2, 0.25) is 10.0 Å². The molecule has 0 atom stereocenters. The van der Waals surface area contributed by atoms with E-state index in [1.165, 1.54) is 18.2 Å². The molecular formula is C17H16Cl2N6O2S. The van der Waals surface area contributed by atoms with Crippen molar-refractivity contribution in [3.05, 3.63) is 64.8 Å². The third-order valence-electron chi connectivity index (χ3n) is 3.51. The Kier molecular flexibility index (Phi) is 6.63. The second-order valence-electron chi connectivity index (χ2n) is 5.54. The van der Waals surface area contributed by atoms with E-state index < -0.39 is 10.0 Å². The summed E-state index contributed by atoms with van der Waals surface area (Å²) in [5.41, 5.74) is 0. The molecule has 0 aliphatic heterocycles. The molecule has 0 bridgehead atoms. The Morgan fingerprint density at radius 3 is 2.32 bits per heavy atom. The van der Waals surface area contributed by atoms with E-state index in [0.29, 0.717) is 29.0 Å². The van der Waals surface area contributed by atoms with Crippen LogP contribution in [0.4, 0.5) is 17.5 Å². The molecule has 3 rings (SSSR count). The summed E-state index contributed by atoms with van der Waals surface area (Å²) in [7, 11) is -3.68. The Labute approximate surface area is 172 Å². The quantitative estimate of drug-likeness (QED) is 0.462. The number of hydrogen-bond donors (Lipinski definition) is 3. The summed E-state index contributed by atoms with van der Waals surface area (Å²) in [6, 6.07) is 13.1. The molecule has 0 amide bonds. The first-order valence-electron chi connectivity index (χ1n) is 8.14. The lowest BCUT2D eigenvalue weighted by atomic mass is 10.4. The second-order valence-corrected chi connectivity index (χ2v) is 8.13. The number of sulfonamides is 1. The van der Waals surface area contributed by atoms with E-state index in [1.807, 2.05) is 18.2 Å². The van der Waals surface area contributed by atoms with Crippen LogP contribution < -0.4 is 15.4 Å². The average molecular weight is 439 g/mol. The summed E-state index contributed by atoms with van der Waals surface area (Å²) in [6.07, 6.45) is 1.67. The van der Waals surface area contributed by atoms with E-state index in [-0.39, 0.29) is 16.5 Å². The highest BCUT2D eigenvalue weighted by Crippen LogP contribution is 2.24. The summed E-state index contributed by atoms with van der Waals surface area (Å²) >= 11 is 11.7. The number of nitrogens with zero attached hydrogens (tertiary/aromatic N) is 3. The molecule has 2 aromatic heterocycles. The molecule has 8 nitrogen and oxygen atoms in total. The van der Waals surface area contributed by atoms with Crippen molar-refractivity contribution >= 4 is 50.7 Å². The molecule has 3 aromatic rings. The van der Waals surface area contributed by atoms with Gasteiger partial charge in [-0.25, -0.2) is 18.1 Å². The first-order valence-corrected chi connectivity index (χ1v) is 10.4. The molecule has 1 aromatic carbocycles. The fourth-order valence-corrected chi connectivity index (χ4v) is 3.58. The summed E-state index contributed by atoms with van der Waals surface area (Å²) in [5, 5.41) is 14.5. The normalized spacial score (nSPS) is 11.2. The maximum Gasteiger partial charge on any atom is 0.240 e. The van der Waals surface area contributed by atoms with Crippen molar-refractivity contribution in [3.8, 4) is 0 Å². The topological polar surface area (TPSA) is 109 Å². The van der Waals surface area contributed by atoms with Gasteiger partial charge in [0, 0.05) is 19.3 Å². The Balaban J connectivity index is 1.49. The first-order chi connectivity index (χ1) is 13.4. The number of halogens is 2. The predicted molar refractivity (Wildman–Crippen MR) is 110 cm³/mol. The zero-order valence-corrected chi connectivity index (χ0v) is 16.8. The van der Waals surface area contributed by atoms with Crippen LogP contribution in [0.1, 0.15) is 0 Å². The molecule has 0 spiro atoms. The van der Waals surface area contributed by atoms with Crippen molar-refractivity contribution in [1.29, 1.82) is 0 Å². The number of nitrogens with one attached hydrogen (secondary N) is 3. The van der Waals surface area contributed by atoms with Crippen molar-refractivity contribution in [1.82, 2.24) is 19.9 Å². The summed E-state index contributed by atoms with van der Waals surface area (Å²) in [4.78, 5) is 4.19. The molecule has 11 heteroatoms. The monoisotopic (exact) mass is 438 g/mol.